The first-order valence-corrected chi connectivity index (χ1v) is 12.8. The monoisotopic (exact) mass is 536 g/mol. The molecule has 0 saturated carbocycles. The highest BCUT2D eigenvalue weighted by Gasteiger charge is 2.44. The number of benzene rings is 3. The fourth-order valence-corrected chi connectivity index (χ4v) is 5.69. The Morgan fingerprint density at radius 1 is 1.05 bits per heavy atom. The quantitative estimate of drug-likeness (QED) is 0.317. The van der Waals surface area contributed by atoms with Crippen molar-refractivity contribution in [3.05, 3.63) is 116 Å². The lowest BCUT2D eigenvalue weighted by atomic mass is 9.71. The zero-order valence-corrected chi connectivity index (χ0v) is 22.4. The molecule has 9 heteroatoms. The number of carbonyl (C=O) groups is 1. The van der Waals surface area contributed by atoms with E-state index < -0.39 is 10.8 Å². The number of nitrogens with two attached hydrogens (primary N) is 1. The lowest BCUT2D eigenvalue weighted by Gasteiger charge is -2.42. The fourth-order valence-electron chi connectivity index (χ4n) is 5.69. The molecule has 5 rings (SSSR count). The lowest BCUT2D eigenvalue weighted by Crippen LogP contribution is -2.40. The van der Waals surface area contributed by atoms with Gasteiger partial charge >= 0.3 is 0 Å². The van der Waals surface area contributed by atoms with Gasteiger partial charge in [-0.1, -0.05) is 42.5 Å². The predicted octanol–water partition coefficient (Wildman–Crippen LogP) is 5.62. The third-order valence-electron chi connectivity index (χ3n) is 7.63. The molecule has 2 atom stereocenters. The van der Waals surface area contributed by atoms with E-state index in [-0.39, 0.29) is 35.2 Å². The molecule has 2 N–H and O–H groups in total. The van der Waals surface area contributed by atoms with Crippen molar-refractivity contribution in [2.75, 3.05) is 19.1 Å². The fraction of sp³-hybridized carbons (Fsp3) is 0.226. The minimum Gasteiger partial charge on any atom is -0.497 e. The Bertz CT molecular complexity index is 1620. The van der Waals surface area contributed by atoms with Crippen LogP contribution in [0.4, 0.5) is 11.4 Å². The number of aryl methyl sites for hydroxylation is 1. The Kier molecular flexibility index (Phi) is 7.01. The second-order valence-corrected chi connectivity index (χ2v) is 9.81. The van der Waals surface area contributed by atoms with Crippen LogP contribution in [0, 0.1) is 28.4 Å². The summed E-state index contributed by atoms with van der Waals surface area (Å²) in [5.74, 6) is 0.105. The Hall–Kier alpha value is -5.10. The molecule has 3 aromatic rings. The molecular formula is C31H28N4O5. The van der Waals surface area contributed by atoms with Crippen molar-refractivity contribution in [1.82, 2.24) is 0 Å². The van der Waals surface area contributed by atoms with Gasteiger partial charge in [0.25, 0.3) is 5.69 Å². The number of ether oxygens (including phenoxy) is 2. The molecule has 40 heavy (non-hydrogen) atoms. The molecule has 0 amide bonds. The number of rotatable bonds is 6. The number of anilines is 1. The smallest absolute Gasteiger partial charge is 0.271 e. The van der Waals surface area contributed by atoms with Gasteiger partial charge in [-0.2, -0.15) is 5.26 Å². The first-order chi connectivity index (χ1) is 19.3. The number of hydrogen-bond acceptors (Lipinski definition) is 8. The minimum absolute atomic E-state index is 0.116. The molecule has 0 saturated heterocycles. The Balaban J connectivity index is 1.79. The van der Waals surface area contributed by atoms with Crippen molar-refractivity contribution in [2.24, 2.45) is 5.73 Å². The maximum Gasteiger partial charge on any atom is 0.271 e. The van der Waals surface area contributed by atoms with E-state index >= 15 is 0 Å². The van der Waals surface area contributed by atoms with Gasteiger partial charge in [-0.3, -0.25) is 19.8 Å². The summed E-state index contributed by atoms with van der Waals surface area (Å²) in [6.07, 6.45) is 0.694. The van der Waals surface area contributed by atoms with Crippen molar-refractivity contribution in [2.45, 2.75) is 31.6 Å². The van der Waals surface area contributed by atoms with E-state index in [9.17, 15) is 20.2 Å². The van der Waals surface area contributed by atoms with Gasteiger partial charge in [-0.15, -0.1) is 0 Å². The van der Waals surface area contributed by atoms with Crippen LogP contribution in [-0.2, 0) is 4.79 Å². The van der Waals surface area contributed by atoms with E-state index in [1.165, 1.54) is 19.2 Å². The Morgan fingerprint density at radius 2 is 1.80 bits per heavy atom. The van der Waals surface area contributed by atoms with Crippen molar-refractivity contribution in [3.8, 4) is 17.6 Å². The van der Waals surface area contributed by atoms with Crippen molar-refractivity contribution < 1.29 is 19.2 Å². The molecular weight excluding hydrogens is 508 g/mol. The molecule has 0 aromatic heterocycles. The van der Waals surface area contributed by atoms with Crippen LogP contribution in [0.5, 0.6) is 11.5 Å². The summed E-state index contributed by atoms with van der Waals surface area (Å²) in [5.41, 5.74) is 10.7. The number of nitrogens with zero attached hydrogens (tertiary/aromatic N) is 3. The molecule has 0 spiro atoms. The highest BCUT2D eigenvalue weighted by Crippen LogP contribution is 2.51. The number of carbonyl (C=O) groups excluding carboxylic acids is 1. The topological polar surface area (TPSA) is 132 Å². The molecule has 1 aliphatic heterocycles. The molecule has 3 aromatic carbocycles. The van der Waals surface area contributed by atoms with Crippen LogP contribution in [0.2, 0.25) is 0 Å². The SMILES string of the molecule is COc1ccc([C@H]2C(C#N)=C(N)N(c3cc([N+](=O)[O-])ccc3C)C3=C2C(=O)C[C@@H](c2ccccc2)C3)c(OC)c1. The van der Waals surface area contributed by atoms with Gasteiger partial charge in [0.05, 0.1) is 42.4 Å². The number of nitro groups is 1. The molecule has 1 aliphatic carbocycles. The molecule has 0 radical (unpaired) electrons. The van der Waals surface area contributed by atoms with E-state index in [0.717, 1.165) is 5.56 Å². The number of Topliss-reactive ketones (excluding diaryl/α,β-unsaturated/α-hetero) is 1. The van der Waals surface area contributed by atoms with Crippen LogP contribution in [0.3, 0.4) is 0 Å². The van der Waals surface area contributed by atoms with Gasteiger partial charge < -0.3 is 15.2 Å². The number of allylic oxidation sites excluding steroid dienone is 3. The van der Waals surface area contributed by atoms with Gasteiger partial charge in [0.2, 0.25) is 0 Å². The van der Waals surface area contributed by atoms with Crippen molar-refractivity contribution in [1.29, 1.82) is 5.26 Å². The van der Waals surface area contributed by atoms with Crippen molar-refractivity contribution in [3.63, 3.8) is 0 Å². The summed E-state index contributed by atoms with van der Waals surface area (Å²) in [7, 11) is 3.06. The normalized spacial score (nSPS) is 18.8. The third-order valence-corrected chi connectivity index (χ3v) is 7.63. The molecule has 0 unspecified atom stereocenters. The van der Waals surface area contributed by atoms with Crippen LogP contribution >= 0.6 is 0 Å². The van der Waals surface area contributed by atoms with Crippen LogP contribution in [0.1, 0.15) is 41.4 Å². The van der Waals surface area contributed by atoms with Gasteiger partial charge in [0, 0.05) is 41.5 Å². The maximum absolute atomic E-state index is 14.1. The second kappa shape index (κ2) is 10.6. The van der Waals surface area contributed by atoms with E-state index in [0.29, 0.717) is 46.0 Å². The molecule has 0 fully saturated rings. The summed E-state index contributed by atoms with van der Waals surface area (Å²) in [4.78, 5) is 27.0. The maximum atomic E-state index is 14.1. The summed E-state index contributed by atoms with van der Waals surface area (Å²) >= 11 is 0. The first-order valence-electron chi connectivity index (χ1n) is 12.8. The molecule has 0 bridgehead atoms. The molecule has 2 aliphatic rings. The van der Waals surface area contributed by atoms with E-state index in [4.69, 9.17) is 15.2 Å². The Labute approximate surface area is 231 Å². The van der Waals surface area contributed by atoms with Crippen LogP contribution in [0.25, 0.3) is 0 Å². The average molecular weight is 537 g/mol. The standard InChI is InChI=1S/C31H28N4O5/c1-18-9-10-21(35(37)38)15-25(18)34-26-13-20(19-7-5-4-6-8-19)14-27(36)30(26)29(24(17-32)31(34)33)23-12-11-22(39-2)16-28(23)40-3/h4-12,15-16,20,29H,13-14,33H2,1-3H3/t20-,29-/m0/s1. The highest BCUT2D eigenvalue weighted by molar-refractivity contribution is 6.02. The lowest BCUT2D eigenvalue weighted by molar-refractivity contribution is -0.384. The van der Waals surface area contributed by atoms with Gasteiger partial charge in [0.1, 0.15) is 17.3 Å². The van der Waals surface area contributed by atoms with Gasteiger partial charge in [0.15, 0.2) is 5.78 Å². The van der Waals surface area contributed by atoms with Gasteiger partial charge in [-0.05, 0) is 36.5 Å². The summed E-state index contributed by atoms with van der Waals surface area (Å²) < 4.78 is 11.0. The Morgan fingerprint density at radius 3 is 2.45 bits per heavy atom. The highest BCUT2D eigenvalue weighted by atomic mass is 16.6. The summed E-state index contributed by atoms with van der Waals surface area (Å²) in [5, 5.41) is 22.1. The van der Waals surface area contributed by atoms with Gasteiger partial charge in [-0.25, -0.2) is 0 Å². The average Bonchev–Trinajstić information content (AvgIpc) is 2.97. The second-order valence-electron chi connectivity index (χ2n) is 9.81. The largest absolute Gasteiger partial charge is 0.497 e. The summed E-state index contributed by atoms with van der Waals surface area (Å²) in [6.45, 7) is 1.82. The molecule has 1 heterocycles. The zero-order chi connectivity index (χ0) is 28.6. The van der Waals surface area contributed by atoms with Crippen molar-refractivity contribution >= 4 is 17.2 Å². The predicted molar refractivity (Wildman–Crippen MR) is 150 cm³/mol. The number of ketones is 1. The van der Waals surface area contributed by atoms with Crippen LogP contribution < -0.4 is 20.1 Å². The van der Waals surface area contributed by atoms with Crippen LogP contribution in [-0.4, -0.2) is 24.9 Å². The third kappa shape index (κ3) is 4.43. The molecule has 202 valence electrons. The van der Waals surface area contributed by atoms with E-state index in [1.807, 2.05) is 37.3 Å². The van der Waals surface area contributed by atoms with E-state index in [1.54, 1.807) is 36.3 Å². The van der Waals surface area contributed by atoms with E-state index in [2.05, 4.69) is 6.07 Å². The number of non-ortho nitro benzene ring substituents is 1. The number of hydrogen-bond donors (Lipinski definition) is 1. The summed E-state index contributed by atoms with van der Waals surface area (Å²) in [6, 6.07) is 21.7. The van der Waals surface area contributed by atoms with Crippen LogP contribution in [0.15, 0.2) is 89.4 Å². The minimum atomic E-state index is -0.777. The number of methoxy groups -OCH3 is 2. The number of nitro benzene ring substituents is 1. The zero-order valence-electron chi connectivity index (χ0n) is 22.4. The first kappa shape index (κ1) is 26.5. The number of nitriles is 1. The molecule has 9 nitrogen and oxygen atoms in total.